The van der Waals surface area contributed by atoms with Crippen LogP contribution in [0, 0.1) is 0 Å². The van der Waals surface area contributed by atoms with Gasteiger partial charge in [0.05, 0.1) is 25.4 Å². The molecule has 0 radical (unpaired) electrons. The van der Waals surface area contributed by atoms with Gasteiger partial charge in [0.2, 0.25) is 0 Å². The predicted octanol–water partition coefficient (Wildman–Crippen LogP) is 3.95. The van der Waals surface area contributed by atoms with Gasteiger partial charge in [-0.05, 0) is 35.1 Å². The molecule has 0 bridgehead atoms. The second-order valence-electron chi connectivity index (χ2n) is 8.76. The number of amides is 2. The fourth-order valence-corrected chi connectivity index (χ4v) is 4.30. The standard InChI is InChI=1S/C24H26N4O2.C2HF3O2/c29-24(27-12-10-19-8-4-5-9-20(19)16-27)25-14-22-23-21(11-13-30-22)17-28(26-23)15-18-6-2-1-3-7-18;3-2(4,5)1(6)7/h1-9,17,22H,10-16H2,(H,25,29);(H,6,7). The van der Waals surface area contributed by atoms with Gasteiger partial charge >= 0.3 is 18.2 Å². The molecule has 2 amide bonds. The minimum Gasteiger partial charge on any atom is -0.475 e. The Balaban J connectivity index is 0.000000405. The Morgan fingerprint density at radius 3 is 2.41 bits per heavy atom. The van der Waals surface area contributed by atoms with Gasteiger partial charge in [0.1, 0.15) is 6.10 Å². The van der Waals surface area contributed by atoms with Crippen molar-refractivity contribution in [1.29, 1.82) is 0 Å². The summed E-state index contributed by atoms with van der Waals surface area (Å²) < 4.78 is 39.7. The second kappa shape index (κ2) is 11.5. The number of fused-ring (bicyclic) bond motifs is 2. The summed E-state index contributed by atoms with van der Waals surface area (Å²) >= 11 is 0. The van der Waals surface area contributed by atoms with Crippen molar-refractivity contribution in [3.05, 3.63) is 88.7 Å². The second-order valence-corrected chi connectivity index (χ2v) is 8.76. The number of benzene rings is 2. The summed E-state index contributed by atoms with van der Waals surface area (Å²) in [7, 11) is 0. The molecule has 37 heavy (non-hydrogen) atoms. The Labute approximate surface area is 211 Å². The molecule has 0 spiro atoms. The maximum absolute atomic E-state index is 12.7. The van der Waals surface area contributed by atoms with Crippen molar-refractivity contribution < 1.29 is 32.6 Å². The van der Waals surface area contributed by atoms with Crippen LogP contribution in [0.15, 0.2) is 60.8 Å². The fraction of sp³-hybridized carbons (Fsp3) is 0.346. The lowest BCUT2D eigenvalue weighted by Gasteiger charge is -2.30. The molecule has 8 nitrogen and oxygen atoms in total. The lowest BCUT2D eigenvalue weighted by Crippen LogP contribution is -2.44. The van der Waals surface area contributed by atoms with Crippen molar-refractivity contribution >= 4 is 12.0 Å². The first kappa shape index (κ1) is 26.2. The molecule has 0 fully saturated rings. The molecule has 0 saturated carbocycles. The van der Waals surface area contributed by atoms with E-state index >= 15 is 0 Å². The van der Waals surface area contributed by atoms with Crippen LogP contribution in [0.5, 0.6) is 0 Å². The molecule has 1 aromatic heterocycles. The van der Waals surface area contributed by atoms with Crippen LogP contribution in [0.1, 0.15) is 34.1 Å². The maximum Gasteiger partial charge on any atom is 0.490 e. The first-order chi connectivity index (χ1) is 17.7. The van der Waals surface area contributed by atoms with E-state index < -0.39 is 12.1 Å². The van der Waals surface area contributed by atoms with Gasteiger partial charge in [0.25, 0.3) is 0 Å². The molecule has 2 aliphatic heterocycles. The van der Waals surface area contributed by atoms with E-state index in [1.54, 1.807) is 0 Å². The number of hydrogen-bond acceptors (Lipinski definition) is 4. The van der Waals surface area contributed by atoms with E-state index in [9.17, 15) is 18.0 Å². The number of carboxylic acid groups (broad SMARTS) is 1. The van der Waals surface area contributed by atoms with Crippen LogP contribution >= 0.6 is 0 Å². The fourth-order valence-electron chi connectivity index (χ4n) is 4.30. The topological polar surface area (TPSA) is 96.7 Å². The highest BCUT2D eigenvalue weighted by molar-refractivity contribution is 5.74. The van der Waals surface area contributed by atoms with Gasteiger partial charge in [-0.25, -0.2) is 9.59 Å². The van der Waals surface area contributed by atoms with Gasteiger partial charge in [-0.3, -0.25) is 4.68 Å². The first-order valence-corrected chi connectivity index (χ1v) is 11.8. The molecule has 1 unspecified atom stereocenters. The summed E-state index contributed by atoms with van der Waals surface area (Å²) in [6.45, 7) is 3.23. The molecule has 0 saturated heterocycles. The van der Waals surface area contributed by atoms with Crippen LogP contribution < -0.4 is 5.32 Å². The van der Waals surface area contributed by atoms with Crippen molar-refractivity contribution in [3.63, 3.8) is 0 Å². The molecular weight excluding hydrogens is 489 g/mol. The van der Waals surface area contributed by atoms with Crippen LogP contribution in [-0.2, 0) is 35.5 Å². The number of aliphatic carboxylic acids is 1. The van der Waals surface area contributed by atoms with Gasteiger partial charge in [0.15, 0.2) is 0 Å². The molecule has 3 aromatic rings. The zero-order valence-corrected chi connectivity index (χ0v) is 19.9. The quantitative estimate of drug-likeness (QED) is 0.548. The largest absolute Gasteiger partial charge is 0.490 e. The smallest absolute Gasteiger partial charge is 0.475 e. The number of halogens is 3. The number of rotatable bonds is 4. The summed E-state index contributed by atoms with van der Waals surface area (Å²) in [5.41, 5.74) is 5.94. The third-order valence-electron chi connectivity index (χ3n) is 6.15. The number of carbonyl (C=O) groups excluding carboxylic acids is 1. The first-order valence-electron chi connectivity index (χ1n) is 11.8. The van der Waals surface area contributed by atoms with Crippen molar-refractivity contribution in [2.75, 3.05) is 19.7 Å². The van der Waals surface area contributed by atoms with Gasteiger partial charge in [-0.15, -0.1) is 0 Å². The highest BCUT2D eigenvalue weighted by atomic mass is 19.4. The van der Waals surface area contributed by atoms with Crippen LogP contribution in [0.3, 0.4) is 0 Å². The lowest BCUT2D eigenvalue weighted by molar-refractivity contribution is -0.192. The zero-order valence-electron chi connectivity index (χ0n) is 19.9. The molecule has 3 heterocycles. The summed E-state index contributed by atoms with van der Waals surface area (Å²) in [4.78, 5) is 23.5. The molecule has 11 heteroatoms. The zero-order chi connectivity index (χ0) is 26.4. The Morgan fingerprint density at radius 2 is 1.70 bits per heavy atom. The van der Waals surface area contributed by atoms with Crippen molar-refractivity contribution in [3.8, 4) is 0 Å². The number of ether oxygens (including phenoxy) is 1. The normalized spacial score (nSPS) is 16.6. The predicted molar refractivity (Wildman–Crippen MR) is 128 cm³/mol. The van der Waals surface area contributed by atoms with Gasteiger partial charge < -0.3 is 20.1 Å². The molecule has 5 rings (SSSR count). The maximum atomic E-state index is 12.7. The van der Waals surface area contributed by atoms with Crippen LogP contribution in [0.2, 0.25) is 0 Å². The Hall–Kier alpha value is -3.86. The van der Waals surface area contributed by atoms with E-state index in [0.29, 0.717) is 19.7 Å². The van der Waals surface area contributed by atoms with E-state index in [1.165, 1.54) is 22.3 Å². The van der Waals surface area contributed by atoms with Crippen molar-refractivity contribution in [2.24, 2.45) is 0 Å². The van der Waals surface area contributed by atoms with E-state index in [4.69, 9.17) is 19.7 Å². The van der Waals surface area contributed by atoms with Gasteiger partial charge in [-0.2, -0.15) is 18.3 Å². The Kier molecular flexibility index (Phi) is 8.12. The van der Waals surface area contributed by atoms with Crippen LogP contribution in [0.4, 0.5) is 18.0 Å². The minimum absolute atomic E-state index is 0.0380. The summed E-state index contributed by atoms with van der Waals surface area (Å²) in [5, 5.41) is 15.0. The number of nitrogens with one attached hydrogen (secondary N) is 1. The average molecular weight is 517 g/mol. The Morgan fingerprint density at radius 1 is 1.03 bits per heavy atom. The minimum atomic E-state index is -5.08. The van der Waals surface area contributed by atoms with Crippen molar-refractivity contribution in [1.82, 2.24) is 20.0 Å². The van der Waals surface area contributed by atoms with Crippen LogP contribution in [-0.4, -0.2) is 57.7 Å². The molecule has 1 atom stereocenters. The summed E-state index contributed by atoms with van der Waals surface area (Å²) in [6.07, 6.45) is -1.41. The highest BCUT2D eigenvalue weighted by Crippen LogP contribution is 2.26. The van der Waals surface area contributed by atoms with E-state index in [-0.39, 0.29) is 12.1 Å². The summed E-state index contributed by atoms with van der Waals surface area (Å²) in [5.74, 6) is -2.76. The van der Waals surface area contributed by atoms with E-state index in [1.807, 2.05) is 33.8 Å². The third-order valence-corrected chi connectivity index (χ3v) is 6.15. The lowest BCUT2D eigenvalue weighted by atomic mass is 10.0. The SMILES string of the molecule is O=C(NCC1OCCc2cn(Cc3ccccc3)nc21)N1CCc2ccccc2C1.O=C(O)C(F)(F)F. The van der Waals surface area contributed by atoms with E-state index in [0.717, 1.165) is 31.6 Å². The molecule has 196 valence electrons. The van der Waals surface area contributed by atoms with Crippen LogP contribution in [0.25, 0.3) is 0 Å². The summed E-state index contributed by atoms with van der Waals surface area (Å²) in [6, 6.07) is 18.6. The third kappa shape index (κ3) is 6.88. The number of alkyl halides is 3. The molecule has 2 aromatic carbocycles. The van der Waals surface area contributed by atoms with Gasteiger partial charge in [0, 0.05) is 19.3 Å². The number of carbonyl (C=O) groups is 2. The highest BCUT2D eigenvalue weighted by Gasteiger charge is 2.38. The number of nitrogens with zero attached hydrogens (tertiary/aromatic N) is 3. The molecular formula is C26H27F3N4O4. The molecule has 2 N–H and O–H groups in total. The number of urea groups is 1. The van der Waals surface area contributed by atoms with Gasteiger partial charge in [-0.1, -0.05) is 54.6 Å². The number of carboxylic acids is 1. The van der Waals surface area contributed by atoms with E-state index in [2.05, 4.69) is 41.8 Å². The molecule has 2 aliphatic rings. The Bertz CT molecular complexity index is 1230. The monoisotopic (exact) mass is 516 g/mol. The average Bonchev–Trinajstić information content (AvgIpc) is 3.30. The molecule has 0 aliphatic carbocycles. The number of hydrogen-bond donors (Lipinski definition) is 2. The number of aromatic nitrogens is 2. The van der Waals surface area contributed by atoms with Crippen molar-refractivity contribution in [2.45, 2.75) is 38.2 Å².